The second-order valence-electron chi connectivity index (χ2n) is 4.28. The van der Waals surface area contributed by atoms with Gasteiger partial charge in [-0.05, 0) is 13.3 Å². The molecule has 0 spiro atoms. The van der Waals surface area contributed by atoms with Gasteiger partial charge in [-0.3, -0.25) is 4.68 Å². The molecule has 1 aromatic heterocycles. The fraction of sp³-hybridized carbons (Fsp3) is 0.750. The molecule has 0 saturated heterocycles. The minimum atomic E-state index is 0.320. The predicted molar refractivity (Wildman–Crippen MR) is 65.3 cm³/mol. The first-order valence-corrected chi connectivity index (χ1v) is 5.90. The summed E-state index contributed by atoms with van der Waals surface area (Å²) >= 11 is 0. The van der Waals surface area contributed by atoms with Gasteiger partial charge in [0.15, 0.2) is 0 Å². The Morgan fingerprint density at radius 1 is 1.56 bits per heavy atom. The maximum absolute atomic E-state index is 5.22. The monoisotopic (exact) mass is 225 g/mol. The number of hydrogen-bond donors (Lipinski definition) is 1. The third-order valence-electron chi connectivity index (χ3n) is 2.72. The predicted octanol–water partition coefficient (Wildman–Crippen LogP) is 1.89. The van der Waals surface area contributed by atoms with E-state index in [0.717, 1.165) is 13.0 Å². The van der Waals surface area contributed by atoms with Gasteiger partial charge in [0.1, 0.15) is 0 Å². The summed E-state index contributed by atoms with van der Waals surface area (Å²) in [5.74, 6) is 0. The van der Waals surface area contributed by atoms with Crippen LogP contribution in [0.4, 0.5) is 0 Å². The minimum absolute atomic E-state index is 0.320. The van der Waals surface area contributed by atoms with Crippen LogP contribution in [0.2, 0.25) is 0 Å². The van der Waals surface area contributed by atoms with E-state index >= 15 is 0 Å². The van der Waals surface area contributed by atoms with Crippen LogP contribution in [-0.2, 0) is 11.8 Å². The van der Waals surface area contributed by atoms with Gasteiger partial charge in [-0.15, -0.1) is 0 Å². The molecule has 1 aromatic rings. The zero-order valence-electron chi connectivity index (χ0n) is 10.7. The van der Waals surface area contributed by atoms with Crippen LogP contribution in [0.25, 0.3) is 0 Å². The molecule has 0 aliphatic rings. The van der Waals surface area contributed by atoms with Crippen molar-refractivity contribution in [3.05, 3.63) is 18.0 Å². The Kier molecular flexibility index (Phi) is 5.49. The van der Waals surface area contributed by atoms with E-state index in [1.165, 1.54) is 12.0 Å². The van der Waals surface area contributed by atoms with Gasteiger partial charge in [0.2, 0.25) is 0 Å². The minimum Gasteiger partial charge on any atom is -0.383 e. The molecule has 1 heterocycles. The molecule has 0 saturated carbocycles. The summed E-state index contributed by atoms with van der Waals surface area (Å²) in [6.07, 6.45) is 6.26. The average Bonchev–Trinajstić information content (AvgIpc) is 2.65. The summed E-state index contributed by atoms with van der Waals surface area (Å²) in [5.41, 5.74) is 1.22. The Hall–Kier alpha value is -0.870. The summed E-state index contributed by atoms with van der Waals surface area (Å²) in [7, 11) is 3.69. The standard InChI is InChI=1S/C12H23N3O/c1-5-6-12(9-16-4)14-10(2)11-7-13-15(3)8-11/h7-8,10,12,14H,5-6,9H2,1-4H3. The van der Waals surface area contributed by atoms with Crippen LogP contribution in [0.3, 0.4) is 0 Å². The highest BCUT2D eigenvalue weighted by Crippen LogP contribution is 2.12. The van der Waals surface area contributed by atoms with Crippen molar-refractivity contribution in [2.75, 3.05) is 13.7 Å². The van der Waals surface area contributed by atoms with Crippen molar-refractivity contribution in [1.82, 2.24) is 15.1 Å². The first-order valence-electron chi connectivity index (χ1n) is 5.90. The molecule has 16 heavy (non-hydrogen) atoms. The van der Waals surface area contributed by atoms with Gasteiger partial charge in [-0.25, -0.2) is 0 Å². The maximum Gasteiger partial charge on any atom is 0.0616 e. The van der Waals surface area contributed by atoms with Gasteiger partial charge in [-0.2, -0.15) is 5.10 Å². The van der Waals surface area contributed by atoms with Crippen LogP contribution in [-0.4, -0.2) is 29.5 Å². The summed E-state index contributed by atoms with van der Waals surface area (Å²) in [6.45, 7) is 5.12. The van der Waals surface area contributed by atoms with Gasteiger partial charge >= 0.3 is 0 Å². The molecule has 0 fully saturated rings. The van der Waals surface area contributed by atoms with Crippen LogP contribution in [0.15, 0.2) is 12.4 Å². The molecule has 2 atom stereocenters. The molecule has 0 bridgehead atoms. The lowest BCUT2D eigenvalue weighted by Crippen LogP contribution is -2.35. The second kappa shape index (κ2) is 6.66. The Morgan fingerprint density at radius 3 is 2.81 bits per heavy atom. The number of ether oxygens (including phenoxy) is 1. The van der Waals surface area contributed by atoms with Gasteiger partial charge < -0.3 is 10.1 Å². The number of hydrogen-bond acceptors (Lipinski definition) is 3. The zero-order chi connectivity index (χ0) is 12.0. The quantitative estimate of drug-likeness (QED) is 0.770. The van der Waals surface area contributed by atoms with Crippen molar-refractivity contribution in [2.45, 2.75) is 38.8 Å². The van der Waals surface area contributed by atoms with E-state index in [2.05, 4.69) is 24.3 Å². The smallest absolute Gasteiger partial charge is 0.0616 e. The van der Waals surface area contributed by atoms with Crippen LogP contribution >= 0.6 is 0 Å². The summed E-state index contributed by atoms with van der Waals surface area (Å²) < 4.78 is 7.05. The van der Waals surface area contributed by atoms with Crippen molar-refractivity contribution in [1.29, 1.82) is 0 Å². The van der Waals surface area contributed by atoms with Crippen LogP contribution in [0.5, 0.6) is 0 Å². The lowest BCUT2D eigenvalue weighted by molar-refractivity contribution is 0.157. The SMILES string of the molecule is CCCC(COC)NC(C)c1cnn(C)c1. The molecule has 92 valence electrons. The third-order valence-corrected chi connectivity index (χ3v) is 2.72. The van der Waals surface area contributed by atoms with Crippen LogP contribution in [0.1, 0.15) is 38.3 Å². The fourth-order valence-corrected chi connectivity index (χ4v) is 1.88. The van der Waals surface area contributed by atoms with Gasteiger partial charge in [0.25, 0.3) is 0 Å². The molecule has 0 amide bonds. The molecular formula is C12H23N3O. The number of nitrogens with zero attached hydrogens (tertiary/aromatic N) is 2. The Bertz CT molecular complexity index is 292. The molecule has 1 rings (SSSR count). The second-order valence-corrected chi connectivity index (χ2v) is 4.28. The average molecular weight is 225 g/mol. The molecule has 0 aromatic carbocycles. The number of aryl methyl sites for hydroxylation is 1. The Balaban J connectivity index is 2.50. The molecule has 1 N–H and O–H groups in total. The molecule has 4 heteroatoms. The number of aromatic nitrogens is 2. The Labute approximate surface area is 98.0 Å². The molecule has 0 aliphatic carbocycles. The van der Waals surface area contributed by atoms with Crippen molar-refractivity contribution in [3.63, 3.8) is 0 Å². The lowest BCUT2D eigenvalue weighted by atomic mass is 10.1. The molecule has 0 aliphatic heterocycles. The fourth-order valence-electron chi connectivity index (χ4n) is 1.88. The van der Waals surface area contributed by atoms with Gasteiger partial charge in [0.05, 0.1) is 12.8 Å². The number of nitrogens with one attached hydrogen (secondary N) is 1. The van der Waals surface area contributed by atoms with E-state index in [1.54, 1.807) is 7.11 Å². The van der Waals surface area contributed by atoms with E-state index in [4.69, 9.17) is 4.74 Å². The molecular weight excluding hydrogens is 202 g/mol. The van der Waals surface area contributed by atoms with Gasteiger partial charge in [-0.1, -0.05) is 13.3 Å². The molecule has 0 radical (unpaired) electrons. The Morgan fingerprint density at radius 2 is 2.31 bits per heavy atom. The van der Waals surface area contributed by atoms with E-state index in [1.807, 2.05) is 24.1 Å². The zero-order valence-corrected chi connectivity index (χ0v) is 10.7. The van der Waals surface area contributed by atoms with E-state index in [9.17, 15) is 0 Å². The van der Waals surface area contributed by atoms with E-state index < -0.39 is 0 Å². The van der Waals surface area contributed by atoms with Crippen molar-refractivity contribution in [3.8, 4) is 0 Å². The topological polar surface area (TPSA) is 39.1 Å². The summed E-state index contributed by atoms with van der Waals surface area (Å²) in [4.78, 5) is 0. The highest BCUT2D eigenvalue weighted by Gasteiger charge is 2.13. The van der Waals surface area contributed by atoms with Crippen LogP contribution < -0.4 is 5.32 Å². The highest BCUT2D eigenvalue weighted by molar-refractivity contribution is 5.09. The largest absolute Gasteiger partial charge is 0.383 e. The van der Waals surface area contributed by atoms with Crippen molar-refractivity contribution in [2.24, 2.45) is 7.05 Å². The van der Waals surface area contributed by atoms with Crippen LogP contribution in [0, 0.1) is 0 Å². The third kappa shape index (κ3) is 3.94. The number of methoxy groups -OCH3 is 1. The summed E-state index contributed by atoms with van der Waals surface area (Å²) in [6, 6.07) is 0.741. The lowest BCUT2D eigenvalue weighted by Gasteiger charge is -2.21. The molecule has 4 nitrogen and oxygen atoms in total. The van der Waals surface area contributed by atoms with E-state index in [0.29, 0.717) is 12.1 Å². The van der Waals surface area contributed by atoms with Gasteiger partial charge in [0, 0.05) is 38.0 Å². The van der Waals surface area contributed by atoms with Crippen molar-refractivity contribution < 1.29 is 4.74 Å². The first kappa shape index (κ1) is 13.2. The van der Waals surface area contributed by atoms with Crippen molar-refractivity contribution >= 4 is 0 Å². The number of rotatable bonds is 7. The summed E-state index contributed by atoms with van der Waals surface area (Å²) in [5, 5.41) is 7.75. The van der Waals surface area contributed by atoms with E-state index in [-0.39, 0.29) is 0 Å². The highest BCUT2D eigenvalue weighted by atomic mass is 16.5. The molecule has 2 unspecified atom stereocenters. The maximum atomic E-state index is 5.22. The first-order chi connectivity index (χ1) is 7.67. The normalized spacial score (nSPS) is 15.0.